The fourth-order valence-corrected chi connectivity index (χ4v) is 3.73. The highest BCUT2D eigenvalue weighted by Crippen LogP contribution is 2.27. The van der Waals surface area contributed by atoms with Crippen LogP contribution in [0.15, 0.2) is 97.1 Å². The number of rotatable bonds is 7. The first-order valence-electron chi connectivity index (χ1n) is 10.7. The molecule has 2 aromatic heterocycles. The maximum absolute atomic E-state index is 12.8. The summed E-state index contributed by atoms with van der Waals surface area (Å²) in [6.07, 6.45) is 5.49. The number of halogens is 1. The Bertz CT molecular complexity index is 1460. The molecule has 9 nitrogen and oxygen atoms in total. The van der Waals surface area contributed by atoms with E-state index in [1.807, 2.05) is 54.6 Å². The number of nitrogens with zero attached hydrogens (tertiary/aromatic N) is 7. The molecule has 0 saturated heterocycles. The van der Waals surface area contributed by atoms with Gasteiger partial charge in [0.2, 0.25) is 0 Å². The van der Waals surface area contributed by atoms with Crippen molar-refractivity contribution in [2.45, 2.75) is 6.42 Å². The minimum Gasteiger partial charge on any atom is -0.324 e. The van der Waals surface area contributed by atoms with E-state index in [0.717, 1.165) is 5.56 Å². The van der Waals surface area contributed by atoms with Crippen LogP contribution < -0.4 is 5.32 Å². The average molecular weight is 483 g/mol. The Kier molecular flexibility index (Phi) is 6.40. The molecule has 0 fully saturated rings. The van der Waals surface area contributed by atoms with Gasteiger partial charge in [-0.05, 0) is 46.3 Å². The van der Waals surface area contributed by atoms with Crippen molar-refractivity contribution in [2.24, 2.45) is 0 Å². The Balaban J connectivity index is 1.48. The molecule has 2 heterocycles. The van der Waals surface area contributed by atoms with E-state index in [4.69, 9.17) is 11.6 Å². The van der Waals surface area contributed by atoms with Gasteiger partial charge in [0.1, 0.15) is 12.0 Å². The molecule has 0 unspecified atom stereocenters. The fourth-order valence-electron chi connectivity index (χ4n) is 3.55. The highest BCUT2D eigenvalue weighted by Gasteiger charge is 2.14. The smallest absolute Gasteiger partial charge is 0.255 e. The SMILES string of the molecule is O=C(NC(=Cn1cc(-c2cc(Cl)ccc2-n2cnnn2)nn1)Cc1ccccc1)c1ccccc1. The van der Waals surface area contributed by atoms with Crippen LogP contribution in [0.5, 0.6) is 0 Å². The van der Waals surface area contributed by atoms with Gasteiger partial charge in [-0.15, -0.1) is 10.2 Å². The number of hydrogen-bond donors (Lipinski definition) is 1. The second-order valence-electron chi connectivity index (χ2n) is 7.64. The van der Waals surface area contributed by atoms with Crippen molar-refractivity contribution in [1.82, 2.24) is 40.5 Å². The lowest BCUT2D eigenvalue weighted by Gasteiger charge is -2.10. The highest BCUT2D eigenvalue weighted by molar-refractivity contribution is 6.31. The fraction of sp³-hybridized carbons (Fsp3) is 0.0400. The van der Waals surface area contributed by atoms with Gasteiger partial charge >= 0.3 is 0 Å². The van der Waals surface area contributed by atoms with Gasteiger partial charge in [0, 0.05) is 34.5 Å². The third-order valence-corrected chi connectivity index (χ3v) is 5.41. The van der Waals surface area contributed by atoms with E-state index in [1.165, 1.54) is 11.0 Å². The lowest BCUT2D eigenvalue weighted by molar-refractivity contribution is 0.0965. The number of tetrazole rings is 1. The van der Waals surface area contributed by atoms with Crippen LogP contribution in [-0.2, 0) is 6.42 Å². The molecule has 0 aliphatic heterocycles. The Hall–Kier alpha value is -4.63. The standard InChI is InChI=1S/C25H19ClN8O/c26-20-11-12-24(34-17-27-30-32-34)22(14-20)23-16-33(31-29-23)15-21(13-18-7-3-1-4-8-18)28-25(35)19-9-5-2-6-10-19/h1-12,14-17H,13H2,(H,28,35). The molecule has 0 atom stereocenters. The first kappa shape index (κ1) is 22.2. The lowest BCUT2D eigenvalue weighted by Crippen LogP contribution is -2.24. The van der Waals surface area contributed by atoms with Gasteiger partial charge < -0.3 is 5.32 Å². The van der Waals surface area contributed by atoms with E-state index < -0.39 is 0 Å². The van der Waals surface area contributed by atoms with Gasteiger partial charge in [-0.3, -0.25) is 4.79 Å². The Morgan fingerprint density at radius 3 is 2.49 bits per heavy atom. The van der Waals surface area contributed by atoms with E-state index in [0.29, 0.717) is 39.6 Å². The maximum atomic E-state index is 12.8. The zero-order chi connectivity index (χ0) is 24.0. The molecule has 0 saturated carbocycles. The molecule has 35 heavy (non-hydrogen) atoms. The minimum absolute atomic E-state index is 0.205. The molecular weight excluding hydrogens is 464 g/mol. The highest BCUT2D eigenvalue weighted by atomic mass is 35.5. The summed E-state index contributed by atoms with van der Waals surface area (Å²) in [4.78, 5) is 12.8. The minimum atomic E-state index is -0.205. The zero-order valence-electron chi connectivity index (χ0n) is 18.4. The van der Waals surface area contributed by atoms with Gasteiger partial charge in [0.25, 0.3) is 5.91 Å². The first-order valence-corrected chi connectivity index (χ1v) is 11.1. The van der Waals surface area contributed by atoms with Crippen LogP contribution in [0.25, 0.3) is 23.1 Å². The topological polar surface area (TPSA) is 103 Å². The van der Waals surface area contributed by atoms with Crippen LogP contribution >= 0.6 is 11.6 Å². The van der Waals surface area contributed by atoms with Gasteiger partial charge in [0.05, 0.1) is 11.9 Å². The molecule has 0 aliphatic rings. The molecule has 0 radical (unpaired) electrons. The van der Waals surface area contributed by atoms with Crippen molar-refractivity contribution in [3.8, 4) is 16.9 Å². The summed E-state index contributed by atoms with van der Waals surface area (Å²) in [7, 11) is 0. The molecule has 10 heteroatoms. The van der Waals surface area contributed by atoms with Crippen molar-refractivity contribution in [3.05, 3.63) is 113 Å². The van der Waals surface area contributed by atoms with Crippen LogP contribution in [0.2, 0.25) is 5.02 Å². The van der Waals surface area contributed by atoms with Crippen LogP contribution in [0.4, 0.5) is 0 Å². The van der Waals surface area contributed by atoms with E-state index in [9.17, 15) is 4.79 Å². The molecule has 5 aromatic rings. The van der Waals surface area contributed by atoms with Crippen LogP contribution in [-0.4, -0.2) is 41.1 Å². The number of hydrogen-bond acceptors (Lipinski definition) is 6. The molecule has 0 bridgehead atoms. The second-order valence-corrected chi connectivity index (χ2v) is 8.07. The number of nitrogens with one attached hydrogen (secondary N) is 1. The summed E-state index contributed by atoms with van der Waals surface area (Å²) in [6.45, 7) is 0. The molecule has 1 N–H and O–H groups in total. The van der Waals surface area contributed by atoms with Crippen LogP contribution in [0.3, 0.4) is 0 Å². The summed E-state index contributed by atoms with van der Waals surface area (Å²) in [5.74, 6) is -0.205. The molecule has 1 amide bonds. The zero-order valence-corrected chi connectivity index (χ0v) is 19.1. The van der Waals surface area contributed by atoms with E-state index in [2.05, 4.69) is 31.2 Å². The third kappa shape index (κ3) is 5.31. The van der Waals surface area contributed by atoms with Crippen molar-refractivity contribution in [2.75, 3.05) is 0 Å². The van der Waals surface area contributed by atoms with Crippen LogP contribution in [0.1, 0.15) is 15.9 Å². The maximum Gasteiger partial charge on any atom is 0.255 e. The second kappa shape index (κ2) is 10.1. The van der Waals surface area contributed by atoms with Gasteiger partial charge in [-0.1, -0.05) is 65.3 Å². The lowest BCUT2D eigenvalue weighted by atomic mass is 10.1. The molecular formula is C25H19ClN8O. The predicted octanol–water partition coefficient (Wildman–Crippen LogP) is 4.05. The number of allylic oxidation sites excluding steroid dienone is 1. The van der Waals surface area contributed by atoms with E-state index >= 15 is 0 Å². The Morgan fingerprint density at radius 1 is 0.971 bits per heavy atom. The number of benzene rings is 3. The molecule has 0 spiro atoms. The Morgan fingerprint density at radius 2 is 1.74 bits per heavy atom. The summed E-state index contributed by atoms with van der Waals surface area (Å²) in [5, 5.41) is 23.5. The summed E-state index contributed by atoms with van der Waals surface area (Å²) in [5.41, 5.74) is 4.26. The largest absolute Gasteiger partial charge is 0.324 e. The quantitative estimate of drug-likeness (QED) is 0.375. The van der Waals surface area contributed by atoms with Crippen molar-refractivity contribution in [1.29, 1.82) is 0 Å². The van der Waals surface area contributed by atoms with Crippen molar-refractivity contribution in [3.63, 3.8) is 0 Å². The number of amides is 1. The van der Waals surface area contributed by atoms with Crippen molar-refractivity contribution >= 4 is 23.7 Å². The van der Waals surface area contributed by atoms with Gasteiger partial charge in [0.15, 0.2) is 0 Å². The number of carbonyl (C=O) groups is 1. The molecule has 172 valence electrons. The van der Waals surface area contributed by atoms with Crippen LogP contribution in [0, 0.1) is 0 Å². The molecule has 0 aliphatic carbocycles. The molecule has 5 rings (SSSR count). The normalized spacial score (nSPS) is 11.4. The van der Waals surface area contributed by atoms with Gasteiger partial charge in [-0.25, -0.2) is 4.68 Å². The third-order valence-electron chi connectivity index (χ3n) is 5.18. The van der Waals surface area contributed by atoms with E-state index in [1.54, 1.807) is 41.3 Å². The summed E-state index contributed by atoms with van der Waals surface area (Å²) in [6, 6.07) is 24.3. The number of carbonyl (C=O) groups excluding carboxylic acids is 1. The van der Waals surface area contributed by atoms with Crippen molar-refractivity contribution < 1.29 is 4.79 Å². The number of aromatic nitrogens is 7. The van der Waals surface area contributed by atoms with E-state index in [-0.39, 0.29) is 5.91 Å². The van der Waals surface area contributed by atoms with Gasteiger partial charge in [-0.2, -0.15) is 4.68 Å². The predicted molar refractivity (Wildman–Crippen MR) is 132 cm³/mol. The average Bonchev–Trinajstić information content (AvgIpc) is 3.58. The molecule has 3 aromatic carbocycles. The summed E-state index contributed by atoms with van der Waals surface area (Å²) >= 11 is 6.25. The Labute approximate surface area is 205 Å². The first-order chi connectivity index (χ1) is 17.2. The monoisotopic (exact) mass is 482 g/mol. The summed E-state index contributed by atoms with van der Waals surface area (Å²) < 4.78 is 3.09.